The Morgan fingerprint density at radius 3 is 2.70 bits per heavy atom. The van der Waals surface area contributed by atoms with Crippen molar-refractivity contribution in [2.75, 3.05) is 7.05 Å². The third kappa shape index (κ3) is 3.17. The van der Waals surface area contributed by atoms with Crippen molar-refractivity contribution in [1.29, 1.82) is 0 Å². The molecule has 0 radical (unpaired) electrons. The van der Waals surface area contributed by atoms with Crippen LogP contribution in [-0.4, -0.2) is 23.8 Å². The molecule has 0 fully saturated rings. The van der Waals surface area contributed by atoms with Gasteiger partial charge in [0.1, 0.15) is 5.76 Å². The maximum atomic E-state index is 12.6. The van der Waals surface area contributed by atoms with E-state index in [1.165, 1.54) is 0 Å². The van der Waals surface area contributed by atoms with Gasteiger partial charge in [0.15, 0.2) is 5.78 Å². The summed E-state index contributed by atoms with van der Waals surface area (Å²) in [7, 11) is 1.94. The van der Waals surface area contributed by atoms with Gasteiger partial charge < -0.3 is 4.42 Å². The Kier molecular flexibility index (Phi) is 4.40. The molecule has 0 amide bonds. The molecule has 1 unspecified atom stereocenters. The summed E-state index contributed by atoms with van der Waals surface area (Å²) in [4.78, 5) is 14.6. The fraction of sp³-hybridized carbons (Fsp3) is 0.353. The zero-order chi connectivity index (χ0) is 14.7. The Morgan fingerprint density at radius 2 is 2.05 bits per heavy atom. The molecule has 1 heterocycles. The topological polar surface area (TPSA) is 33.5 Å². The molecule has 0 saturated heterocycles. The predicted molar refractivity (Wildman–Crippen MR) is 79.9 cm³/mol. The highest BCUT2D eigenvalue weighted by molar-refractivity contribution is 6.01. The number of likely N-dealkylation sites (N-methyl/N-ethyl adjacent to an activating group) is 1. The first-order chi connectivity index (χ1) is 9.49. The SMILES string of the molecule is Cc1ccc(C)c(C(=O)C(C)N(C)Cc2ccco2)c1. The van der Waals surface area contributed by atoms with Crippen molar-refractivity contribution >= 4 is 5.78 Å². The van der Waals surface area contributed by atoms with Crippen molar-refractivity contribution in [2.24, 2.45) is 0 Å². The van der Waals surface area contributed by atoms with Crippen LogP contribution >= 0.6 is 0 Å². The van der Waals surface area contributed by atoms with Gasteiger partial charge in [-0.15, -0.1) is 0 Å². The highest BCUT2D eigenvalue weighted by Gasteiger charge is 2.21. The van der Waals surface area contributed by atoms with Crippen LogP contribution in [0, 0.1) is 13.8 Å². The van der Waals surface area contributed by atoms with Gasteiger partial charge in [0.2, 0.25) is 0 Å². The Bertz CT molecular complexity index is 587. The third-order valence-corrected chi connectivity index (χ3v) is 3.68. The van der Waals surface area contributed by atoms with E-state index in [2.05, 4.69) is 0 Å². The minimum absolute atomic E-state index is 0.153. The summed E-state index contributed by atoms with van der Waals surface area (Å²) >= 11 is 0. The molecular formula is C17H21NO2. The van der Waals surface area contributed by atoms with E-state index in [1.807, 2.05) is 63.1 Å². The molecule has 3 nitrogen and oxygen atoms in total. The van der Waals surface area contributed by atoms with Gasteiger partial charge in [-0.25, -0.2) is 0 Å². The Balaban J connectivity index is 2.13. The number of aryl methyl sites for hydroxylation is 2. The highest BCUT2D eigenvalue weighted by atomic mass is 16.3. The number of Topliss-reactive ketones (excluding diaryl/α,β-unsaturated/α-hetero) is 1. The van der Waals surface area contributed by atoms with E-state index in [1.54, 1.807) is 6.26 Å². The number of benzene rings is 1. The largest absolute Gasteiger partial charge is 0.468 e. The first kappa shape index (κ1) is 14.5. The van der Waals surface area contributed by atoms with E-state index in [0.29, 0.717) is 6.54 Å². The maximum absolute atomic E-state index is 12.6. The average Bonchev–Trinajstić information content (AvgIpc) is 2.92. The number of carbonyl (C=O) groups is 1. The molecule has 106 valence electrons. The van der Waals surface area contributed by atoms with E-state index in [0.717, 1.165) is 22.5 Å². The number of furan rings is 1. The quantitative estimate of drug-likeness (QED) is 0.779. The first-order valence-corrected chi connectivity index (χ1v) is 6.83. The Labute approximate surface area is 120 Å². The van der Waals surface area contributed by atoms with Crippen molar-refractivity contribution < 1.29 is 9.21 Å². The fourth-order valence-electron chi connectivity index (χ4n) is 2.21. The Hall–Kier alpha value is -1.87. The van der Waals surface area contributed by atoms with Gasteiger partial charge in [-0.1, -0.05) is 17.7 Å². The lowest BCUT2D eigenvalue weighted by Crippen LogP contribution is -2.35. The molecule has 1 atom stereocenters. The smallest absolute Gasteiger partial charge is 0.179 e. The minimum atomic E-state index is -0.180. The fourth-order valence-corrected chi connectivity index (χ4v) is 2.21. The summed E-state index contributed by atoms with van der Waals surface area (Å²) in [6.07, 6.45) is 1.65. The summed E-state index contributed by atoms with van der Waals surface area (Å²) in [6, 6.07) is 9.60. The van der Waals surface area contributed by atoms with E-state index < -0.39 is 0 Å². The van der Waals surface area contributed by atoms with Gasteiger partial charge in [0.25, 0.3) is 0 Å². The maximum Gasteiger partial charge on any atom is 0.179 e. The number of rotatable bonds is 5. The van der Waals surface area contributed by atoms with Gasteiger partial charge >= 0.3 is 0 Å². The Morgan fingerprint density at radius 1 is 1.30 bits per heavy atom. The van der Waals surface area contributed by atoms with Crippen LogP contribution in [0.2, 0.25) is 0 Å². The number of ketones is 1. The van der Waals surface area contributed by atoms with Crippen LogP contribution in [0.25, 0.3) is 0 Å². The van der Waals surface area contributed by atoms with E-state index in [4.69, 9.17) is 4.42 Å². The van der Waals surface area contributed by atoms with Crippen LogP contribution in [0.5, 0.6) is 0 Å². The van der Waals surface area contributed by atoms with Crippen molar-refractivity contribution in [3.05, 3.63) is 59.0 Å². The standard InChI is InChI=1S/C17H21NO2/c1-12-7-8-13(2)16(10-12)17(19)14(3)18(4)11-15-6-5-9-20-15/h5-10,14H,11H2,1-4H3. The molecule has 0 saturated carbocycles. The molecule has 1 aromatic heterocycles. The normalized spacial score (nSPS) is 12.7. The van der Waals surface area contributed by atoms with Crippen LogP contribution in [0.3, 0.4) is 0 Å². The zero-order valence-electron chi connectivity index (χ0n) is 12.5. The summed E-state index contributed by atoms with van der Waals surface area (Å²) in [5.41, 5.74) is 2.95. The number of nitrogens with zero attached hydrogens (tertiary/aromatic N) is 1. The van der Waals surface area contributed by atoms with E-state index in [9.17, 15) is 4.79 Å². The van der Waals surface area contributed by atoms with Gasteiger partial charge in [-0.2, -0.15) is 0 Å². The number of hydrogen-bond donors (Lipinski definition) is 0. The second kappa shape index (κ2) is 6.06. The molecule has 0 aliphatic rings. The molecule has 2 aromatic rings. The molecule has 0 bridgehead atoms. The van der Waals surface area contributed by atoms with Crippen LogP contribution in [-0.2, 0) is 6.54 Å². The minimum Gasteiger partial charge on any atom is -0.468 e. The van der Waals surface area contributed by atoms with Crippen LogP contribution < -0.4 is 0 Å². The monoisotopic (exact) mass is 271 g/mol. The molecule has 20 heavy (non-hydrogen) atoms. The lowest BCUT2D eigenvalue weighted by Gasteiger charge is -2.23. The third-order valence-electron chi connectivity index (χ3n) is 3.68. The number of carbonyl (C=O) groups excluding carboxylic acids is 1. The first-order valence-electron chi connectivity index (χ1n) is 6.83. The summed E-state index contributed by atoms with van der Waals surface area (Å²) in [5, 5.41) is 0. The zero-order valence-corrected chi connectivity index (χ0v) is 12.5. The van der Waals surface area contributed by atoms with Gasteiger partial charge in [-0.05, 0) is 51.6 Å². The van der Waals surface area contributed by atoms with Crippen molar-refractivity contribution in [1.82, 2.24) is 4.90 Å². The molecule has 0 aliphatic heterocycles. The molecule has 0 spiro atoms. The van der Waals surface area contributed by atoms with Gasteiger partial charge in [-0.3, -0.25) is 9.69 Å². The van der Waals surface area contributed by atoms with Crippen molar-refractivity contribution in [3.8, 4) is 0 Å². The summed E-state index contributed by atoms with van der Waals surface area (Å²) in [6.45, 7) is 6.55. The van der Waals surface area contributed by atoms with Gasteiger partial charge in [0.05, 0.1) is 18.8 Å². The average molecular weight is 271 g/mol. The molecule has 0 N–H and O–H groups in total. The highest BCUT2D eigenvalue weighted by Crippen LogP contribution is 2.16. The second-order valence-corrected chi connectivity index (χ2v) is 5.35. The van der Waals surface area contributed by atoms with Gasteiger partial charge in [0, 0.05) is 5.56 Å². The van der Waals surface area contributed by atoms with E-state index >= 15 is 0 Å². The molecule has 3 heteroatoms. The van der Waals surface area contributed by atoms with Crippen molar-refractivity contribution in [2.45, 2.75) is 33.4 Å². The van der Waals surface area contributed by atoms with Crippen molar-refractivity contribution in [3.63, 3.8) is 0 Å². The number of hydrogen-bond acceptors (Lipinski definition) is 3. The molecule has 2 rings (SSSR count). The molecule has 0 aliphatic carbocycles. The van der Waals surface area contributed by atoms with E-state index in [-0.39, 0.29) is 11.8 Å². The molecule has 1 aromatic carbocycles. The van der Waals surface area contributed by atoms with Crippen LogP contribution in [0.1, 0.15) is 34.2 Å². The summed E-state index contributed by atoms with van der Waals surface area (Å²) in [5.74, 6) is 1.02. The second-order valence-electron chi connectivity index (χ2n) is 5.35. The lowest BCUT2D eigenvalue weighted by atomic mass is 9.98. The van der Waals surface area contributed by atoms with Crippen LogP contribution in [0.15, 0.2) is 41.0 Å². The lowest BCUT2D eigenvalue weighted by molar-refractivity contribution is 0.0854. The molecular weight excluding hydrogens is 250 g/mol. The summed E-state index contributed by atoms with van der Waals surface area (Å²) < 4.78 is 5.33. The predicted octanol–water partition coefficient (Wildman–Crippen LogP) is 3.60. The van der Waals surface area contributed by atoms with Crippen LogP contribution in [0.4, 0.5) is 0 Å².